The predicted molar refractivity (Wildman–Crippen MR) is 87.0 cm³/mol. The summed E-state index contributed by atoms with van der Waals surface area (Å²) in [6.07, 6.45) is 5.58. The predicted octanol–water partition coefficient (Wildman–Crippen LogP) is 4.54. The van der Waals surface area contributed by atoms with E-state index in [-0.39, 0.29) is 0 Å². The van der Waals surface area contributed by atoms with Gasteiger partial charge in [0.2, 0.25) is 0 Å². The third-order valence-electron chi connectivity index (χ3n) is 4.45. The molecule has 0 saturated carbocycles. The summed E-state index contributed by atoms with van der Waals surface area (Å²) in [6, 6.07) is 10.0. The van der Waals surface area contributed by atoms with E-state index < -0.39 is 8.07 Å². The zero-order valence-corrected chi connectivity index (χ0v) is 14.4. The highest BCUT2D eigenvalue weighted by Gasteiger charge is 2.39. The zero-order chi connectivity index (χ0) is 14.1. The second kappa shape index (κ2) is 5.41. The molecule has 1 aromatic carbocycles. The maximum atomic E-state index is 2.51. The summed E-state index contributed by atoms with van der Waals surface area (Å²) < 4.78 is 1.28. The van der Waals surface area contributed by atoms with Gasteiger partial charge >= 0.3 is 0 Å². The summed E-state index contributed by atoms with van der Waals surface area (Å²) in [5.41, 5.74) is 2.94. The molecule has 106 valence electrons. The van der Waals surface area contributed by atoms with E-state index in [9.17, 15) is 0 Å². The standard InChI is InChI=1S/C17H30NSi/c1-15-9-11-16(12-10-15)17-8-6-7-13-18(17,2)14-19(3,4)5/h9-12,17H,6-8,13-14H2,1-5H3/q+1. The highest BCUT2D eigenvalue weighted by Crippen LogP contribution is 2.37. The number of hydrogen-bond donors (Lipinski definition) is 0. The van der Waals surface area contributed by atoms with E-state index in [1.54, 1.807) is 5.56 Å². The second-order valence-electron chi connectivity index (χ2n) is 7.84. The molecule has 1 aromatic rings. The first-order valence-corrected chi connectivity index (χ1v) is 11.4. The molecule has 0 radical (unpaired) electrons. The van der Waals surface area contributed by atoms with Crippen molar-refractivity contribution in [3.05, 3.63) is 35.4 Å². The van der Waals surface area contributed by atoms with Gasteiger partial charge in [0.1, 0.15) is 14.1 Å². The molecule has 0 aliphatic carbocycles. The Kier molecular flexibility index (Phi) is 4.22. The molecule has 1 saturated heterocycles. The van der Waals surface area contributed by atoms with E-state index in [1.165, 1.54) is 42.0 Å². The molecule has 1 nitrogen and oxygen atoms in total. The van der Waals surface area contributed by atoms with Crippen LogP contribution in [-0.4, -0.2) is 32.3 Å². The minimum Gasteiger partial charge on any atom is -0.323 e. The van der Waals surface area contributed by atoms with Crippen LogP contribution in [0.15, 0.2) is 24.3 Å². The van der Waals surface area contributed by atoms with Crippen LogP contribution < -0.4 is 0 Å². The molecule has 2 heteroatoms. The fourth-order valence-electron chi connectivity index (χ4n) is 3.87. The van der Waals surface area contributed by atoms with E-state index in [0.29, 0.717) is 0 Å². The number of benzene rings is 1. The molecule has 2 atom stereocenters. The Hall–Kier alpha value is -0.603. The number of aryl methyl sites for hydroxylation is 1. The van der Waals surface area contributed by atoms with Crippen LogP contribution in [0.5, 0.6) is 0 Å². The van der Waals surface area contributed by atoms with Crippen LogP contribution in [0.25, 0.3) is 0 Å². The molecule has 1 fully saturated rings. The lowest BCUT2D eigenvalue weighted by molar-refractivity contribution is -0.935. The molecule has 19 heavy (non-hydrogen) atoms. The van der Waals surface area contributed by atoms with E-state index >= 15 is 0 Å². The van der Waals surface area contributed by atoms with Gasteiger partial charge in [0.25, 0.3) is 0 Å². The highest BCUT2D eigenvalue weighted by molar-refractivity contribution is 6.76. The van der Waals surface area contributed by atoms with E-state index in [2.05, 4.69) is 57.9 Å². The van der Waals surface area contributed by atoms with Gasteiger partial charge in [0, 0.05) is 12.0 Å². The smallest absolute Gasteiger partial charge is 0.114 e. The van der Waals surface area contributed by atoms with Crippen molar-refractivity contribution in [2.45, 2.75) is 51.9 Å². The molecule has 0 aromatic heterocycles. The molecule has 1 heterocycles. The van der Waals surface area contributed by atoms with E-state index in [1.807, 2.05) is 0 Å². The molecule has 0 bridgehead atoms. The van der Waals surface area contributed by atoms with E-state index in [4.69, 9.17) is 0 Å². The van der Waals surface area contributed by atoms with Crippen molar-refractivity contribution < 1.29 is 4.48 Å². The van der Waals surface area contributed by atoms with Crippen molar-refractivity contribution in [3.63, 3.8) is 0 Å². The van der Waals surface area contributed by atoms with Crippen LogP contribution in [-0.2, 0) is 0 Å². The van der Waals surface area contributed by atoms with Gasteiger partial charge < -0.3 is 4.48 Å². The summed E-state index contributed by atoms with van der Waals surface area (Å²) in [5.74, 6) is 0. The van der Waals surface area contributed by atoms with Crippen molar-refractivity contribution in [3.8, 4) is 0 Å². The quantitative estimate of drug-likeness (QED) is 0.561. The van der Waals surface area contributed by atoms with Crippen LogP contribution >= 0.6 is 0 Å². The Morgan fingerprint density at radius 1 is 1.11 bits per heavy atom. The average Bonchev–Trinajstić information content (AvgIpc) is 2.28. The van der Waals surface area contributed by atoms with Gasteiger partial charge in [-0.05, 0) is 19.8 Å². The number of rotatable bonds is 3. The normalized spacial score (nSPS) is 28.4. The first-order chi connectivity index (χ1) is 8.80. The molecule has 1 aliphatic heterocycles. The summed E-state index contributed by atoms with van der Waals surface area (Å²) in [4.78, 5) is 0. The van der Waals surface area contributed by atoms with Crippen LogP contribution in [0, 0.1) is 6.92 Å². The minimum atomic E-state index is -1.03. The first kappa shape index (κ1) is 14.8. The van der Waals surface area contributed by atoms with Crippen molar-refractivity contribution in [1.29, 1.82) is 0 Å². The van der Waals surface area contributed by atoms with Gasteiger partial charge in [-0.25, -0.2) is 0 Å². The molecule has 0 amide bonds. The van der Waals surface area contributed by atoms with Crippen LogP contribution in [0.4, 0.5) is 0 Å². The lowest BCUT2D eigenvalue weighted by Gasteiger charge is -2.47. The van der Waals surface area contributed by atoms with Gasteiger partial charge in [0.05, 0.1) is 19.8 Å². The zero-order valence-electron chi connectivity index (χ0n) is 13.4. The van der Waals surface area contributed by atoms with E-state index in [0.717, 1.165) is 6.04 Å². The van der Waals surface area contributed by atoms with Gasteiger partial charge in [-0.1, -0.05) is 49.5 Å². The largest absolute Gasteiger partial charge is 0.323 e. The lowest BCUT2D eigenvalue weighted by Crippen LogP contribution is -2.57. The molecular weight excluding hydrogens is 246 g/mol. The average molecular weight is 277 g/mol. The highest BCUT2D eigenvalue weighted by atomic mass is 28.3. The topological polar surface area (TPSA) is 0 Å². The number of hydrogen-bond acceptors (Lipinski definition) is 0. The van der Waals surface area contributed by atoms with Crippen LogP contribution in [0.2, 0.25) is 19.6 Å². The van der Waals surface area contributed by atoms with Crippen molar-refractivity contribution >= 4 is 8.07 Å². The Balaban J connectivity index is 2.27. The summed E-state index contributed by atoms with van der Waals surface area (Å²) in [7, 11) is 1.47. The lowest BCUT2D eigenvalue weighted by atomic mass is 9.93. The second-order valence-corrected chi connectivity index (χ2v) is 13.3. The molecule has 2 rings (SSSR count). The van der Waals surface area contributed by atoms with Crippen LogP contribution in [0.3, 0.4) is 0 Å². The van der Waals surface area contributed by atoms with Crippen molar-refractivity contribution in [1.82, 2.24) is 0 Å². The van der Waals surface area contributed by atoms with Gasteiger partial charge in [-0.2, -0.15) is 0 Å². The monoisotopic (exact) mass is 276 g/mol. The molecule has 0 spiro atoms. The summed E-state index contributed by atoms with van der Waals surface area (Å²) in [5, 5.41) is 0. The SMILES string of the molecule is Cc1ccc(C2CCCC[N+]2(C)C[Si](C)(C)C)cc1. The fourth-order valence-corrected chi connectivity index (χ4v) is 6.41. The Morgan fingerprint density at radius 2 is 1.74 bits per heavy atom. The van der Waals surface area contributed by atoms with Crippen molar-refractivity contribution in [2.75, 3.05) is 19.8 Å². The Bertz CT molecular complexity index is 418. The minimum absolute atomic E-state index is 0.723. The first-order valence-electron chi connectivity index (χ1n) is 7.71. The van der Waals surface area contributed by atoms with Gasteiger partial charge in [0.15, 0.2) is 0 Å². The van der Waals surface area contributed by atoms with Crippen LogP contribution in [0.1, 0.15) is 36.4 Å². The van der Waals surface area contributed by atoms with Gasteiger partial charge in [-0.3, -0.25) is 0 Å². The molecule has 2 unspecified atom stereocenters. The number of nitrogens with zero attached hydrogens (tertiary/aromatic N) is 1. The molecular formula is C17H30NSi+. The Morgan fingerprint density at radius 3 is 2.32 bits per heavy atom. The summed E-state index contributed by atoms with van der Waals surface area (Å²) >= 11 is 0. The fraction of sp³-hybridized carbons (Fsp3) is 0.647. The van der Waals surface area contributed by atoms with Crippen molar-refractivity contribution in [2.24, 2.45) is 0 Å². The third kappa shape index (κ3) is 3.70. The maximum absolute atomic E-state index is 2.51. The number of likely N-dealkylation sites (tertiary alicyclic amines) is 1. The molecule has 1 aliphatic rings. The third-order valence-corrected chi connectivity index (χ3v) is 6.12. The molecule has 0 N–H and O–H groups in total. The summed E-state index contributed by atoms with van der Waals surface area (Å²) in [6.45, 7) is 11.1. The maximum Gasteiger partial charge on any atom is 0.114 e. The number of quaternary nitrogens is 1. The Labute approximate surface area is 120 Å². The van der Waals surface area contributed by atoms with Gasteiger partial charge in [-0.15, -0.1) is 0 Å². The number of piperidine rings is 1.